The minimum absolute atomic E-state index is 0.156. The Bertz CT molecular complexity index is 337. The van der Waals surface area contributed by atoms with E-state index in [9.17, 15) is 17.6 Å². The van der Waals surface area contributed by atoms with Crippen molar-refractivity contribution in [3.8, 4) is 0 Å². The number of alkyl halides is 3. The van der Waals surface area contributed by atoms with Gasteiger partial charge in [-0.1, -0.05) is 0 Å². The Morgan fingerprint density at radius 3 is 2.53 bits per heavy atom. The minimum Gasteiger partial charge on any atom is -0.398 e. The number of nitrogens with two attached hydrogens (primary N) is 1. The smallest absolute Gasteiger partial charge is 0.389 e. The topological polar surface area (TPSA) is 26.0 Å². The van der Waals surface area contributed by atoms with Crippen LogP contribution in [0.5, 0.6) is 0 Å². The van der Waals surface area contributed by atoms with Crippen LogP contribution >= 0.6 is 11.8 Å². The molecular weight excluding hydrogens is 230 g/mol. The van der Waals surface area contributed by atoms with E-state index in [1.807, 2.05) is 0 Å². The van der Waals surface area contributed by atoms with Crippen molar-refractivity contribution in [3.05, 3.63) is 24.0 Å². The third-order valence-electron chi connectivity index (χ3n) is 1.62. The average Bonchev–Trinajstić information content (AvgIpc) is 2.09. The number of nitrogen functional groups attached to an aromatic ring is 1. The van der Waals surface area contributed by atoms with Gasteiger partial charge in [-0.25, -0.2) is 4.39 Å². The molecule has 0 saturated heterocycles. The van der Waals surface area contributed by atoms with Crippen LogP contribution in [0.15, 0.2) is 23.1 Å². The van der Waals surface area contributed by atoms with Gasteiger partial charge in [0.1, 0.15) is 5.82 Å². The van der Waals surface area contributed by atoms with Gasteiger partial charge >= 0.3 is 6.18 Å². The summed E-state index contributed by atoms with van der Waals surface area (Å²) in [6.07, 6.45) is -5.09. The van der Waals surface area contributed by atoms with Crippen molar-refractivity contribution in [1.29, 1.82) is 0 Å². The Hall–Kier alpha value is -0.910. The van der Waals surface area contributed by atoms with Gasteiger partial charge in [0.25, 0.3) is 0 Å². The van der Waals surface area contributed by atoms with Crippen LogP contribution in [0.3, 0.4) is 0 Å². The molecule has 0 aliphatic rings. The molecule has 6 heteroatoms. The van der Waals surface area contributed by atoms with Crippen molar-refractivity contribution in [2.75, 3.05) is 11.5 Å². The molecule has 1 aromatic rings. The Morgan fingerprint density at radius 2 is 1.93 bits per heavy atom. The lowest BCUT2D eigenvalue weighted by Crippen LogP contribution is -2.08. The third kappa shape index (κ3) is 4.42. The van der Waals surface area contributed by atoms with Gasteiger partial charge in [0.15, 0.2) is 0 Å². The van der Waals surface area contributed by atoms with E-state index in [0.29, 0.717) is 10.6 Å². The van der Waals surface area contributed by atoms with Gasteiger partial charge in [-0.05, 0) is 18.2 Å². The summed E-state index contributed by atoms with van der Waals surface area (Å²) in [5, 5.41) is 0. The second-order valence-corrected chi connectivity index (χ2v) is 4.03. The summed E-state index contributed by atoms with van der Waals surface area (Å²) in [7, 11) is 0. The normalized spacial score (nSPS) is 11.7. The summed E-state index contributed by atoms with van der Waals surface area (Å²) in [4.78, 5) is 0.347. The maximum atomic E-state index is 12.7. The van der Waals surface area contributed by atoms with Crippen LogP contribution in [0.4, 0.5) is 23.2 Å². The largest absolute Gasteiger partial charge is 0.398 e. The van der Waals surface area contributed by atoms with Crippen LogP contribution in [0.25, 0.3) is 0 Å². The van der Waals surface area contributed by atoms with Gasteiger partial charge < -0.3 is 5.73 Å². The highest BCUT2D eigenvalue weighted by Crippen LogP contribution is 2.29. The lowest BCUT2D eigenvalue weighted by atomic mass is 10.3. The number of anilines is 1. The second-order valence-electron chi connectivity index (χ2n) is 2.90. The van der Waals surface area contributed by atoms with Crippen LogP contribution in [0, 0.1) is 5.82 Å². The number of rotatable bonds is 3. The van der Waals surface area contributed by atoms with Crippen LogP contribution in [0.1, 0.15) is 6.42 Å². The molecule has 0 radical (unpaired) electrons. The molecule has 84 valence electrons. The molecule has 1 aromatic carbocycles. The summed E-state index contributed by atoms with van der Waals surface area (Å²) >= 11 is 0.903. The lowest BCUT2D eigenvalue weighted by Gasteiger charge is -2.07. The first-order valence-corrected chi connectivity index (χ1v) is 5.11. The van der Waals surface area contributed by atoms with Crippen molar-refractivity contribution in [3.63, 3.8) is 0 Å². The van der Waals surface area contributed by atoms with E-state index < -0.39 is 18.4 Å². The molecule has 1 rings (SSSR count). The first kappa shape index (κ1) is 12.2. The minimum atomic E-state index is -4.19. The number of thioether (sulfide) groups is 1. The van der Waals surface area contributed by atoms with E-state index >= 15 is 0 Å². The van der Waals surface area contributed by atoms with E-state index in [4.69, 9.17) is 5.73 Å². The first-order valence-electron chi connectivity index (χ1n) is 4.13. The monoisotopic (exact) mass is 239 g/mol. The molecule has 15 heavy (non-hydrogen) atoms. The molecule has 0 aliphatic heterocycles. The molecular formula is C9H9F4NS. The molecule has 0 aromatic heterocycles. The van der Waals surface area contributed by atoms with Crippen molar-refractivity contribution in [2.45, 2.75) is 17.5 Å². The molecule has 0 heterocycles. The van der Waals surface area contributed by atoms with E-state index in [1.165, 1.54) is 12.1 Å². The maximum absolute atomic E-state index is 12.7. The van der Waals surface area contributed by atoms with Crippen molar-refractivity contribution < 1.29 is 17.6 Å². The SMILES string of the molecule is Nc1ccc(F)cc1SCCC(F)(F)F. The molecule has 0 saturated carbocycles. The average molecular weight is 239 g/mol. The third-order valence-corrected chi connectivity index (χ3v) is 2.69. The summed E-state index contributed by atoms with van der Waals surface area (Å²) in [6, 6.07) is 3.64. The first-order chi connectivity index (χ1) is 6.88. The molecule has 0 bridgehead atoms. The molecule has 0 fully saturated rings. The highest BCUT2D eigenvalue weighted by Gasteiger charge is 2.26. The zero-order chi connectivity index (χ0) is 11.5. The number of hydrogen-bond acceptors (Lipinski definition) is 2. The Balaban J connectivity index is 2.54. The predicted molar refractivity (Wildman–Crippen MR) is 52.2 cm³/mol. The molecule has 0 spiro atoms. The Morgan fingerprint density at radius 1 is 1.27 bits per heavy atom. The van der Waals surface area contributed by atoms with E-state index in [1.54, 1.807) is 0 Å². The van der Waals surface area contributed by atoms with Crippen molar-refractivity contribution in [2.24, 2.45) is 0 Å². The van der Waals surface area contributed by atoms with Crippen LogP contribution in [-0.4, -0.2) is 11.9 Å². The van der Waals surface area contributed by atoms with Gasteiger partial charge in [0, 0.05) is 16.3 Å². The summed E-state index contributed by atoms with van der Waals surface area (Å²) in [5.41, 5.74) is 5.77. The zero-order valence-electron chi connectivity index (χ0n) is 7.64. The Kier molecular flexibility index (Phi) is 3.84. The standard InChI is InChI=1S/C9H9F4NS/c10-6-1-2-7(14)8(5-6)15-4-3-9(11,12)13/h1-2,5H,3-4,14H2. The predicted octanol–water partition coefficient (Wildman–Crippen LogP) is 3.45. The number of halogens is 4. The number of benzene rings is 1. The fourth-order valence-electron chi connectivity index (χ4n) is 0.910. The maximum Gasteiger partial charge on any atom is 0.389 e. The lowest BCUT2D eigenvalue weighted by molar-refractivity contribution is -0.129. The van der Waals surface area contributed by atoms with Crippen molar-refractivity contribution >= 4 is 17.4 Å². The van der Waals surface area contributed by atoms with Crippen LogP contribution in [0.2, 0.25) is 0 Å². The second kappa shape index (κ2) is 4.74. The summed E-state index contributed by atoms with van der Waals surface area (Å²) in [5.74, 6) is -0.657. The molecule has 0 unspecified atom stereocenters. The molecule has 0 aliphatic carbocycles. The van der Waals surface area contributed by atoms with E-state index in [0.717, 1.165) is 17.8 Å². The summed E-state index contributed by atoms with van der Waals surface area (Å²) < 4.78 is 48.2. The van der Waals surface area contributed by atoms with Crippen LogP contribution < -0.4 is 5.73 Å². The zero-order valence-corrected chi connectivity index (χ0v) is 8.46. The van der Waals surface area contributed by atoms with E-state index in [2.05, 4.69) is 0 Å². The fraction of sp³-hybridized carbons (Fsp3) is 0.333. The van der Waals surface area contributed by atoms with Gasteiger partial charge in [-0.2, -0.15) is 13.2 Å². The quantitative estimate of drug-likeness (QED) is 0.496. The highest BCUT2D eigenvalue weighted by molar-refractivity contribution is 7.99. The highest BCUT2D eigenvalue weighted by atomic mass is 32.2. The molecule has 1 nitrogen and oxygen atoms in total. The summed E-state index contributed by atoms with van der Waals surface area (Å²) in [6.45, 7) is 0. The Labute approximate surface area is 88.7 Å². The number of hydrogen-bond donors (Lipinski definition) is 1. The van der Waals surface area contributed by atoms with Gasteiger partial charge in [-0.15, -0.1) is 11.8 Å². The molecule has 0 amide bonds. The van der Waals surface area contributed by atoms with Crippen molar-refractivity contribution in [1.82, 2.24) is 0 Å². The molecule has 2 N–H and O–H groups in total. The fourth-order valence-corrected chi connectivity index (χ4v) is 1.89. The molecule has 0 atom stereocenters. The van der Waals surface area contributed by atoms with E-state index in [-0.39, 0.29) is 5.75 Å². The van der Waals surface area contributed by atoms with Gasteiger partial charge in [-0.3, -0.25) is 0 Å². The van der Waals surface area contributed by atoms with Gasteiger partial charge in [0.2, 0.25) is 0 Å². The van der Waals surface area contributed by atoms with Crippen LogP contribution in [-0.2, 0) is 0 Å². The van der Waals surface area contributed by atoms with Gasteiger partial charge in [0.05, 0.1) is 6.42 Å².